The minimum atomic E-state index is -1.38. The average molecular weight is 283 g/mol. The summed E-state index contributed by atoms with van der Waals surface area (Å²) in [7, 11) is 0. The molecule has 0 aliphatic carbocycles. The molecule has 0 aliphatic heterocycles. The van der Waals surface area contributed by atoms with Crippen LogP contribution in [-0.2, 0) is 4.79 Å². The average Bonchev–Trinajstić information content (AvgIpc) is 2.37. The van der Waals surface area contributed by atoms with Gasteiger partial charge in [0.15, 0.2) is 0 Å². The molecule has 100 valence electrons. The molecule has 0 bridgehead atoms. The monoisotopic (exact) mass is 282 g/mol. The number of carboxylic acids is 1. The van der Waals surface area contributed by atoms with Crippen molar-refractivity contribution in [1.29, 1.82) is 0 Å². The van der Waals surface area contributed by atoms with E-state index in [1.165, 1.54) is 6.33 Å². The molecule has 6 nitrogen and oxygen atoms in total. The Hall–Kier alpha value is -1.76. The van der Waals surface area contributed by atoms with Crippen molar-refractivity contribution in [1.82, 2.24) is 9.97 Å². The molecule has 0 fully saturated rings. The van der Waals surface area contributed by atoms with Crippen LogP contribution in [0, 0.1) is 0 Å². The number of halogens is 1. The molecule has 0 aliphatic rings. The lowest BCUT2D eigenvalue weighted by atomic mass is 10.0. The van der Waals surface area contributed by atoms with E-state index in [0.29, 0.717) is 16.5 Å². The number of hydrogen-bond acceptors (Lipinski definition) is 5. The van der Waals surface area contributed by atoms with Gasteiger partial charge in [0.25, 0.3) is 0 Å². The zero-order valence-corrected chi connectivity index (χ0v) is 10.4. The van der Waals surface area contributed by atoms with Crippen molar-refractivity contribution in [2.45, 2.75) is 18.6 Å². The molecule has 19 heavy (non-hydrogen) atoms. The molecule has 2 atom stereocenters. The van der Waals surface area contributed by atoms with Crippen LogP contribution >= 0.6 is 11.6 Å². The Labute approximate surface area is 113 Å². The van der Waals surface area contributed by atoms with E-state index in [2.05, 4.69) is 9.97 Å². The van der Waals surface area contributed by atoms with Gasteiger partial charge >= 0.3 is 5.97 Å². The summed E-state index contributed by atoms with van der Waals surface area (Å²) in [4.78, 5) is 18.3. The van der Waals surface area contributed by atoms with Crippen molar-refractivity contribution in [3.8, 4) is 0 Å². The number of rotatable bonds is 4. The summed E-state index contributed by atoms with van der Waals surface area (Å²) in [5, 5.41) is 28.9. The third-order valence-corrected chi connectivity index (χ3v) is 3.00. The second kappa shape index (κ2) is 5.48. The van der Waals surface area contributed by atoms with Gasteiger partial charge in [0, 0.05) is 5.39 Å². The minimum Gasteiger partial charge on any atom is -0.481 e. The lowest BCUT2D eigenvalue weighted by Gasteiger charge is -2.16. The summed E-state index contributed by atoms with van der Waals surface area (Å²) in [5.41, 5.74) is 0.884. The zero-order chi connectivity index (χ0) is 14.0. The van der Waals surface area contributed by atoms with E-state index in [9.17, 15) is 15.0 Å². The molecular formula is C12H11ClN2O4. The molecule has 0 saturated heterocycles. The van der Waals surface area contributed by atoms with Crippen LogP contribution in [0.2, 0.25) is 5.15 Å². The first-order valence-electron chi connectivity index (χ1n) is 5.47. The quantitative estimate of drug-likeness (QED) is 0.727. The molecule has 7 heteroatoms. The molecular weight excluding hydrogens is 272 g/mol. The topological polar surface area (TPSA) is 104 Å². The van der Waals surface area contributed by atoms with E-state index in [-0.39, 0.29) is 5.15 Å². The molecule has 2 aromatic rings. The fourth-order valence-electron chi connectivity index (χ4n) is 1.74. The lowest BCUT2D eigenvalue weighted by Crippen LogP contribution is -2.21. The number of hydrogen-bond donors (Lipinski definition) is 3. The number of aliphatic hydroxyl groups excluding tert-OH is 2. The molecule has 1 aromatic heterocycles. The van der Waals surface area contributed by atoms with Crippen LogP contribution < -0.4 is 0 Å². The van der Waals surface area contributed by atoms with Gasteiger partial charge in [0.1, 0.15) is 17.6 Å². The van der Waals surface area contributed by atoms with E-state index in [0.717, 1.165) is 0 Å². The first-order valence-corrected chi connectivity index (χ1v) is 5.85. The largest absolute Gasteiger partial charge is 0.481 e. The highest BCUT2D eigenvalue weighted by molar-refractivity contribution is 6.34. The number of carboxylic acid groups (broad SMARTS) is 1. The Bertz CT molecular complexity index is 620. The third kappa shape index (κ3) is 2.98. The number of benzene rings is 1. The highest BCUT2D eigenvalue weighted by Gasteiger charge is 2.21. The molecule has 1 heterocycles. The predicted molar refractivity (Wildman–Crippen MR) is 67.8 cm³/mol. The Kier molecular flexibility index (Phi) is 3.94. The highest BCUT2D eigenvalue weighted by atomic mass is 35.5. The van der Waals surface area contributed by atoms with Crippen molar-refractivity contribution >= 4 is 28.5 Å². The van der Waals surface area contributed by atoms with Gasteiger partial charge in [-0.15, -0.1) is 0 Å². The van der Waals surface area contributed by atoms with Crippen LogP contribution in [-0.4, -0.2) is 37.4 Å². The number of nitrogens with zero attached hydrogens (tertiary/aromatic N) is 2. The lowest BCUT2D eigenvalue weighted by molar-refractivity contribution is -0.141. The summed E-state index contributed by atoms with van der Waals surface area (Å²) in [6.07, 6.45) is -1.93. The maximum absolute atomic E-state index is 10.5. The first-order chi connectivity index (χ1) is 8.99. The minimum absolute atomic E-state index is 0.289. The zero-order valence-electron chi connectivity index (χ0n) is 9.69. The van der Waals surface area contributed by atoms with Crippen LogP contribution in [0.5, 0.6) is 0 Å². The van der Waals surface area contributed by atoms with Gasteiger partial charge in [-0.2, -0.15) is 0 Å². The van der Waals surface area contributed by atoms with Gasteiger partial charge in [0.05, 0.1) is 18.0 Å². The number of aromatic nitrogens is 2. The van der Waals surface area contributed by atoms with E-state index in [1.54, 1.807) is 18.2 Å². The molecule has 2 unspecified atom stereocenters. The van der Waals surface area contributed by atoms with Gasteiger partial charge in [-0.3, -0.25) is 4.79 Å². The Balaban J connectivity index is 2.33. The third-order valence-electron chi connectivity index (χ3n) is 2.70. The molecule has 0 amide bonds. The van der Waals surface area contributed by atoms with Crippen LogP contribution in [0.4, 0.5) is 0 Å². The fourth-order valence-corrected chi connectivity index (χ4v) is 1.94. The van der Waals surface area contributed by atoms with Crippen LogP contribution in [0.15, 0.2) is 24.5 Å². The number of carbonyl (C=O) groups is 1. The van der Waals surface area contributed by atoms with Gasteiger partial charge in [-0.1, -0.05) is 17.7 Å². The van der Waals surface area contributed by atoms with Crippen molar-refractivity contribution < 1.29 is 20.1 Å². The summed E-state index contributed by atoms with van der Waals surface area (Å²) in [5.74, 6) is -1.18. The Morgan fingerprint density at radius 1 is 1.32 bits per heavy atom. The van der Waals surface area contributed by atoms with Crippen molar-refractivity contribution in [2.24, 2.45) is 0 Å². The highest BCUT2D eigenvalue weighted by Crippen LogP contribution is 2.25. The maximum Gasteiger partial charge on any atom is 0.306 e. The summed E-state index contributed by atoms with van der Waals surface area (Å²) >= 11 is 5.88. The molecule has 1 aromatic carbocycles. The second-order valence-electron chi connectivity index (χ2n) is 4.05. The fraction of sp³-hybridized carbons (Fsp3) is 0.250. The predicted octanol–water partition coefficient (Wildman–Crippen LogP) is 1.15. The summed E-state index contributed by atoms with van der Waals surface area (Å²) in [6, 6.07) is 4.70. The summed E-state index contributed by atoms with van der Waals surface area (Å²) < 4.78 is 0. The molecule has 0 saturated carbocycles. The van der Waals surface area contributed by atoms with Gasteiger partial charge in [-0.25, -0.2) is 9.97 Å². The molecule has 0 spiro atoms. The smallest absolute Gasteiger partial charge is 0.306 e. The number of aliphatic carboxylic acids is 1. The van der Waals surface area contributed by atoms with Crippen molar-refractivity contribution in [3.05, 3.63) is 35.2 Å². The first kappa shape index (κ1) is 13.7. The van der Waals surface area contributed by atoms with E-state index in [4.69, 9.17) is 16.7 Å². The van der Waals surface area contributed by atoms with Crippen molar-refractivity contribution in [2.75, 3.05) is 0 Å². The molecule has 3 N–H and O–H groups in total. The van der Waals surface area contributed by atoms with Crippen LogP contribution in [0.3, 0.4) is 0 Å². The van der Waals surface area contributed by atoms with E-state index in [1.807, 2.05) is 0 Å². The Morgan fingerprint density at radius 2 is 2.05 bits per heavy atom. The second-order valence-corrected chi connectivity index (χ2v) is 4.41. The van der Waals surface area contributed by atoms with Crippen LogP contribution in [0.25, 0.3) is 10.9 Å². The number of fused-ring (bicyclic) bond motifs is 1. The maximum atomic E-state index is 10.5. The van der Waals surface area contributed by atoms with Crippen molar-refractivity contribution in [3.63, 3.8) is 0 Å². The standard InChI is InChI=1S/C12H11ClN2O4/c13-12-7-2-1-6(3-8(7)14-5-15-12)11(19)9(16)4-10(17)18/h1-3,5,9,11,16,19H,4H2,(H,17,18). The molecule has 0 radical (unpaired) electrons. The van der Waals surface area contributed by atoms with Gasteiger partial charge < -0.3 is 15.3 Å². The number of aliphatic hydroxyl groups is 2. The van der Waals surface area contributed by atoms with E-state index < -0.39 is 24.6 Å². The van der Waals surface area contributed by atoms with Crippen LogP contribution in [0.1, 0.15) is 18.1 Å². The SMILES string of the molecule is O=C(O)CC(O)C(O)c1ccc2c(Cl)ncnc2c1. The van der Waals surface area contributed by atoms with E-state index >= 15 is 0 Å². The van der Waals surface area contributed by atoms with Gasteiger partial charge in [-0.05, 0) is 17.7 Å². The molecule has 2 rings (SSSR count). The normalized spacial score (nSPS) is 14.3. The Morgan fingerprint density at radius 3 is 2.74 bits per heavy atom. The van der Waals surface area contributed by atoms with Gasteiger partial charge in [0.2, 0.25) is 0 Å². The summed E-state index contributed by atoms with van der Waals surface area (Å²) in [6.45, 7) is 0.